The van der Waals surface area contributed by atoms with Crippen molar-refractivity contribution >= 4 is 21.6 Å². The number of hydrogen-bond donors (Lipinski definition) is 1. The van der Waals surface area contributed by atoms with Gasteiger partial charge in [-0.25, -0.2) is 8.42 Å². The number of nitrogens with one attached hydrogen (secondary N) is 1. The molecule has 0 fully saturated rings. The van der Waals surface area contributed by atoms with Gasteiger partial charge in [-0.3, -0.25) is 9.10 Å². The lowest BCUT2D eigenvalue weighted by Gasteiger charge is -2.19. The summed E-state index contributed by atoms with van der Waals surface area (Å²) in [4.78, 5) is 12.4. The summed E-state index contributed by atoms with van der Waals surface area (Å²) in [6.07, 6.45) is 0.705. The number of methoxy groups -OCH3 is 1. The summed E-state index contributed by atoms with van der Waals surface area (Å²) in [5.74, 6) is -0.242. The van der Waals surface area contributed by atoms with Gasteiger partial charge in [-0.05, 0) is 49.7 Å². The molecule has 1 atom stereocenters. The molecule has 7 heteroatoms. The number of anilines is 1. The first-order valence-corrected chi connectivity index (χ1v) is 9.74. The zero-order chi connectivity index (χ0) is 19.2. The Morgan fingerprint density at radius 1 is 1.12 bits per heavy atom. The lowest BCUT2D eigenvalue weighted by atomic mass is 10.2. The molecule has 26 heavy (non-hydrogen) atoms. The van der Waals surface area contributed by atoms with Crippen molar-refractivity contribution in [1.82, 2.24) is 5.32 Å². The third-order valence-corrected chi connectivity index (χ3v) is 5.83. The predicted octanol–water partition coefficient (Wildman–Crippen LogP) is 2.67. The minimum Gasteiger partial charge on any atom is -0.385 e. The van der Waals surface area contributed by atoms with Gasteiger partial charge in [-0.1, -0.05) is 18.2 Å². The van der Waals surface area contributed by atoms with Gasteiger partial charge >= 0.3 is 0 Å². The first-order chi connectivity index (χ1) is 12.4. The molecular formula is C19H24N2O4S. The fourth-order valence-electron chi connectivity index (χ4n) is 2.39. The molecule has 0 spiro atoms. The van der Waals surface area contributed by atoms with Crippen LogP contribution < -0.4 is 9.62 Å². The van der Waals surface area contributed by atoms with E-state index >= 15 is 0 Å². The molecule has 0 saturated carbocycles. The zero-order valence-corrected chi connectivity index (χ0v) is 16.0. The SMILES string of the molecule is COCCC(C)NC(=O)c1ccc(S(=O)(=O)N(C)c2ccccc2)cc1. The lowest BCUT2D eigenvalue weighted by molar-refractivity contribution is 0.0929. The van der Waals surface area contributed by atoms with E-state index < -0.39 is 10.0 Å². The Balaban J connectivity index is 2.12. The van der Waals surface area contributed by atoms with Crippen LogP contribution in [0.25, 0.3) is 0 Å². The van der Waals surface area contributed by atoms with E-state index in [-0.39, 0.29) is 16.8 Å². The van der Waals surface area contributed by atoms with Crippen LogP contribution in [0.2, 0.25) is 0 Å². The summed E-state index contributed by atoms with van der Waals surface area (Å²) in [7, 11) is -0.570. The molecule has 0 aliphatic rings. The molecule has 2 rings (SSSR count). The van der Waals surface area contributed by atoms with Crippen LogP contribution in [0.3, 0.4) is 0 Å². The van der Waals surface area contributed by atoms with E-state index in [9.17, 15) is 13.2 Å². The monoisotopic (exact) mass is 376 g/mol. The molecule has 0 aromatic heterocycles. The number of ether oxygens (including phenoxy) is 1. The van der Waals surface area contributed by atoms with Crippen molar-refractivity contribution in [3.8, 4) is 0 Å². The average Bonchev–Trinajstić information content (AvgIpc) is 2.66. The van der Waals surface area contributed by atoms with Crippen LogP contribution in [0, 0.1) is 0 Å². The van der Waals surface area contributed by atoms with E-state index in [0.29, 0.717) is 24.3 Å². The third kappa shape index (κ3) is 4.83. The molecule has 140 valence electrons. The Kier molecular flexibility index (Phi) is 6.76. The number of para-hydroxylation sites is 1. The van der Waals surface area contributed by atoms with Crippen molar-refractivity contribution in [2.24, 2.45) is 0 Å². The maximum absolute atomic E-state index is 12.7. The number of amides is 1. The fraction of sp³-hybridized carbons (Fsp3) is 0.316. The Hall–Kier alpha value is -2.38. The Bertz CT molecular complexity index is 820. The van der Waals surface area contributed by atoms with Crippen LogP contribution in [0.4, 0.5) is 5.69 Å². The topological polar surface area (TPSA) is 75.7 Å². The minimum atomic E-state index is -3.68. The van der Waals surface area contributed by atoms with Crippen LogP contribution in [0.15, 0.2) is 59.5 Å². The quantitative estimate of drug-likeness (QED) is 0.768. The van der Waals surface area contributed by atoms with Crippen molar-refractivity contribution in [3.05, 3.63) is 60.2 Å². The molecule has 6 nitrogen and oxygen atoms in total. The Labute approximate surface area is 154 Å². The van der Waals surface area contributed by atoms with Crippen molar-refractivity contribution in [2.75, 3.05) is 25.1 Å². The first-order valence-electron chi connectivity index (χ1n) is 8.30. The number of carbonyl (C=O) groups excluding carboxylic acids is 1. The number of benzene rings is 2. The van der Waals surface area contributed by atoms with E-state index in [1.807, 2.05) is 13.0 Å². The van der Waals surface area contributed by atoms with E-state index in [4.69, 9.17) is 4.74 Å². The third-order valence-electron chi connectivity index (χ3n) is 4.03. The molecule has 0 saturated heterocycles. The molecule has 1 amide bonds. The average molecular weight is 376 g/mol. The highest BCUT2D eigenvalue weighted by atomic mass is 32.2. The van der Waals surface area contributed by atoms with Gasteiger partial charge in [0, 0.05) is 32.4 Å². The van der Waals surface area contributed by atoms with E-state index in [1.54, 1.807) is 31.4 Å². The molecule has 1 N–H and O–H groups in total. The maximum Gasteiger partial charge on any atom is 0.264 e. The van der Waals surface area contributed by atoms with Gasteiger partial charge in [0.05, 0.1) is 10.6 Å². The van der Waals surface area contributed by atoms with E-state index in [1.165, 1.54) is 35.6 Å². The first kappa shape index (κ1) is 19.9. The smallest absolute Gasteiger partial charge is 0.264 e. The van der Waals surface area contributed by atoms with Gasteiger partial charge in [0.25, 0.3) is 15.9 Å². The van der Waals surface area contributed by atoms with Gasteiger partial charge in [-0.15, -0.1) is 0 Å². The van der Waals surface area contributed by atoms with Crippen LogP contribution in [-0.4, -0.2) is 41.1 Å². The normalized spacial score (nSPS) is 12.4. The van der Waals surface area contributed by atoms with Gasteiger partial charge in [-0.2, -0.15) is 0 Å². The van der Waals surface area contributed by atoms with Crippen LogP contribution in [0.1, 0.15) is 23.7 Å². The van der Waals surface area contributed by atoms with E-state index in [2.05, 4.69) is 5.32 Å². The summed E-state index contributed by atoms with van der Waals surface area (Å²) in [5.41, 5.74) is 0.983. The molecule has 2 aromatic rings. The number of hydrogen-bond acceptors (Lipinski definition) is 4. The van der Waals surface area contributed by atoms with Crippen molar-refractivity contribution in [3.63, 3.8) is 0 Å². The van der Waals surface area contributed by atoms with Crippen LogP contribution >= 0.6 is 0 Å². The molecule has 0 radical (unpaired) electrons. The van der Waals surface area contributed by atoms with Crippen molar-refractivity contribution in [2.45, 2.75) is 24.3 Å². The van der Waals surface area contributed by atoms with Gasteiger partial charge in [0.2, 0.25) is 0 Å². The zero-order valence-electron chi connectivity index (χ0n) is 15.2. The second-order valence-electron chi connectivity index (χ2n) is 5.99. The van der Waals surface area contributed by atoms with E-state index in [0.717, 1.165) is 0 Å². The van der Waals surface area contributed by atoms with Gasteiger partial charge in [0.1, 0.15) is 0 Å². The number of carbonyl (C=O) groups is 1. The summed E-state index contributed by atoms with van der Waals surface area (Å²) in [6.45, 7) is 2.45. The standard InChI is InChI=1S/C19H24N2O4S/c1-15(13-14-25-3)20-19(22)16-9-11-18(12-10-16)26(23,24)21(2)17-7-5-4-6-8-17/h4-12,15H,13-14H2,1-3H3,(H,20,22). The summed E-state index contributed by atoms with van der Waals surface area (Å²) < 4.78 is 31.6. The van der Waals surface area contributed by atoms with Gasteiger partial charge in [0.15, 0.2) is 0 Å². The highest BCUT2D eigenvalue weighted by Crippen LogP contribution is 2.21. The second kappa shape index (κ2) is 8.82. The maximum atomic E-state index is 12.7. The fourth-order valence-corrected chi connectivity index (χ4v) is 3.58. The molecular weight excluding hydrogens is 352 g/mol. The summed E-state index contributed by atoms with van der Waals surface area (Å²) >= 11 is 0. The number of sulfonamides is 1. The predicted molar refractivity (Wildman–Crippen MR) is 102 cm³/mol. The highest BCUT2D eigenvalue weighted by molar-refractivity contribution is 7.92. The molecule has 1 unspecified atom stereocenters. The van der Waals surface area contributed by atoms with Gasteiger partial charge < -0.3 is 10.1 Å². The van der Waals surface area contributed by atoms with Crippen molar-refractivity contribution in [1.29, 1.82) is 0 Å². The lowest BCUT2D eigenvalue weighted by Crippen LogP contribution is -2.33. The Morgan fingerprint density at radius 2 is 1.73 bits per heavy atom. The highest BCUT2D eigenvalue weighted by Gasteiger charge is 2.21. The second-order valence-corrected chi connectivity index (χ2v) is 7.96. The molecule has 0 bridgehead atoms. The molecule has 0 aliphatic carbocycles. The summed E-state index contributed by atoms with van der Waals surface area (Å²) in [6, 6.07) is 14.7. The Morgan fingerprint density at radius 3 is 2.31 bits per heavy atom. The number of nitrogens with zero attached hydrogens (tertiary/aromatic N) is 1. The summed E-state index contributed by atoms with van der Waals surface area (Å²) in [5, 5.41) is 2.86. The van der Waals surface area contributed by atoms with Crippen LogP contribution in [-0.2, 0) is 14.8 Å². The largest absolute Gasteiger partial charge is 0.385 e. The minimum absolute atomic E-state index is 0.0323. The molecule has 2 aromatic carbocycles. The molecule has 0 aliphatic heterocycles. The molecule has 0 heterocycles. The van der Waals surface area contributed by atoms with Crippen LogP contribution in [0.5, 0.6) is 0 Å². The van der Waals surface area contributed by atoms with Crippen molar-refractivity contribution < 1.29 is 17.9 Å². The number of rotatable bonds is 8.